The number of hydrogen-bond acceptors (Lipinski definition) is 3. The summed E-state index contributed by atoms with van der Waals surface area (Å²) in [4.78, 5) is 26.2. The monoisotopic (exact) mass is 340 g/mol. The summed E-state index contributed by atoms with van der Waals surface area (Å²) in [5.74, 6) is 0.192. The number of benzene rings is 2. The molecule has 25 heavy (non-hydrogen) atoms. The van der Waals surface area contributed by atoms with E-state index in [4.69, 9.17) is 4.74 Å². The van der Waals surface area contributed by atoms with Crippen LogP contribution in [0.3, 0.4) is 0 Å². The molecule has 2 aromatic carbocycles. The Labute approximate surface area is 148 Å². The summed E-state index contributed by atoms with van der Waals surface area (Å²) in [5, 5.41) is 2.86. The predicted octanol–water partition coefficient (Wildman–Crippen LogP) is 3.33. The van der Waals surface area contributed by atoms with Gasteiger partial charge in [0.15, 0.2) is 0 Å². The highest BCUT2D eigenvalue weighted by Crippen LogP contribution is 2.20. The third kappa shape index (κ3) is 4.38. The van der Waals surface area contributed by atoms with Crippen molar-refractivity contribution in [2.45, 2.75) is 20.8 Å². The maximum atomic E-state index is 12.5. The Balaban J connectivity index is 2.05. The van der Waals surface area contributed by atoms with Gasteiger partial charge in [0.05, 0.1) is 13.7 Å². The van der Waals surface area contributed by atoms with E-state index in [-0.39, 0.29) is 18.4 Å². The summed E-state index contributed by atoms with van der Waals surface area (Å²) in [5.41, 5.74) is 4.34. The van der Waals surface area contributed by atoms with Crippen molar-refractivity contribution in [3.8, 4) is 5.75 Å². The van der Waals surface area contributed by atoms with Crippen LogP contribution in [0.4, 0.5) is 5.69 Å². The summed E-state index contributed by atoms with van der Waals surface area (Å²) in [6.07, 6.45) is 0. The van der Waals surface area contributed by atoms with E-state index in [9.17, 15) is 9.59 Å². The van der Waals surface area contributed by atoms with E-state index in [1.807, 2.05) is 45.0 Å². The minimum atomic E-state index is -0.233. The number of rotatable bonds is 5. The Morgan fingerprint density at radius 2 is 1.80 bits per heavy atom. The maximum absolute atomic E-state index is 12.5. The number of methoxy groups -OCH3 is 1. The number of nitrogens with one attached hydrogen (secondary N) is 1. The molecule has 0 aromatic heterocycles. The van der Waals surface area contributed by atoms with E-state index in [1.165, 1.54) is 4.90 Å². The van der Waals surface area contributed by atoms with Crippen LogP contribution in [0, 0.1) is 20.8 Å². The highest BCUT2D eigenvalue weighted by atomic mass is 16.5. The van der Waals surface area contributed by atoms with E-state index in [0.717, 1.165) is 22.4 Å². The first kappa shape index (κ1) is 18.5. The highest BCUT2D eigenvalue weighted by Gasteiger charge is 2.17. The number of carbonyl (C=O) groups excluding carboxylic acids is 2. The molecular formula is C20H24N2O3. The fraction of sp³-hybridized carbons (Fsp3) is 0.300. The molecule has 0 atom stereocenters. The molecule has 0 aliphatic heterocycles. The Morgan fingerprint density at radius 1 is 1.08 bits per heavy atom. The zero-order valence-electron chi connectivity index (χ0n) is 15.3. The van der Waals surface area contributed by atoms with Crippen LogP contribution < -0.4 is 10.1 Å². The van der Waals surface area contributed by atoms with Gasteiger partial charge in [-0.3, -0.25) is 9.59 Å². The van der Waals surface area contributed by atoms with E-state index in [2.05, 4.69) is 5.32 Å². The van der Waals surface area contributed by atoms with Gasteiger partial charge in [0.2, 0.25) is 5.91 Å². The molecule has 0 fully saturated rings. The maximum Gasteiger partial charge on any atom is 0.254 e. The Morgan fingerprint density at radius 3 is 2.48 bits per heavy atom. The van der Waals surface area contributed by atoms with E-state index in [1.54, 1.807) is 26.3 Å². The third-order valence-corrected chi connectivity index (χ3v) is 4.26. The lowest BCUT2D eigenvalue weighted by molar-refractivity contribution is -0.116. The Hall–Kier alpha value is -2.82. The van der Waals surface area contributed by atoms with Gasteiger partial charge in [-0.1, -0.05) is 18.2 Å². The molecule has 0 aliphatic carbocycles. The zero-order chi connectivity index (χ0) is 18.6. The minimum absolute atomic E-state index is 0.0254. The molecule has 0 radical (unpaired) electrons. The van der Waals surface area contributed by atoms with Gasteiger partial charge in [-0.2, -0.15) is 0 Å². The largest absolute Gasteiger partial charge is 0.496 e. The summed E-state index contributed by atoms with van der Waals surface area (Å²) in [6, 6.07) is 11.0. The molecule has 2 rings (SSSR count). The van der Waals surface area contributed by atoms with Crippen LogP contribution in [0.5, 0.6) is 5.75 Å². The molecule has 0 bridgehead atoms. The molecule has 0 unspecified atom stereocenters. The van der Waals surface area contributed by atoms with Gasteiger partial charge in [0, 0.05) is 18.3 Å². The molecule has 0 saturated heterocycles. The van der Waals surface area contributed by atoms with Crippen molar-refractivity contribution >= 4 is 17.5 Å². The van der Waals surface area contributed by atoms with Gasteiger partial charge in [-0.25, -0.2) is 0 Å². The number of aryl methyl sites for hydroxylation is 2. The van der Waals surface area contributed by atoms with Crippen LogP contribution in [0.2, 0.25) is 0 Å². The third-order valence-electron chi connectivity index (χ3n) is 4.26. The van der Waals surface area contributed by atoms with Gasteiger partial charge < -0.3 is 15.0 Å². The molecule has 0 saturated carbocycles. The fourth-order valence-electron chi connectivity index (χ4n) is 2.54. The summed E-state index contributed by atoms with van der Waals surface area (Å²) in [7, 11) is 3.18. The van der Waals surface area contributed by atoms with Crippen LogP contribution >= 0.6 is 0 Å². The Kier molecular flexibility index (Phi) is 5.80. The van der Waals surface area contributed by atoms with Crippen molar-refractivity contribution in [1.82, 2.24) is 4.90 Å². The second-order valence-corrected chi connectivity index (χ2v) is 6.14. The molecule has 0 aliphatic rings. The average Bonchev–Trinajstić information content (AvgIpc) is 2.58. The normalized spacial score (nSPS) is 10.3. The number of nitrogens with zero attached hydrogens (tertiary/aromatic N) is 1. The first-order chi connectivity index (χ1) is 11.8. The number of likely N-dealkylation sites (N-methyl/N-ethyl adjacent to an activating group) is 1. The summed E-state index contributed by atoms with van der Waals surface area (Å²) >= 11 is 0. The van der Waals surface area contributed by atoms with E-state index < -0.39 is 0 Å². The van der Waals surface area contributed by atoms with Crippen LogP contribution in [0.1, 0.15) is 27.0 Å². The van der Waals surface area contributed by atoms with Crippen LogP contribution in [-0.4, -0.2) is 37.4 Å². The molecule has 2 amide bonds. The van der Waals surface area contributed by atoms with Crippen molar-refractivity contribution in [2.24, 2.45) is 0 Å². The van der Waals surface area contributed by atoms with Crippen molar-refractivity contribution in [3.63, 3.8) is 0 Å². The lowest BCUT2D eigenvalue weighted by Crippen LogP contribution is -2.35. The predicted molar refractivity (Wildman–Crippen MR) is 99.2 cm³/mol. The first-order valence-corrected chi connectivity index (χ1v) is 8.09. The SMILES string of the molecule is COc1cc(C(=O)N(C)CC(=O)Nc2cccc(C)c2C)ccc1C. The molecule has 5 nitrogen and oxygen atoms in total. The molecule has 132 valence electrons. The van der Waals surface area contributed by atoms with Crippen molar-refractivity contribution < 1.29 is 14.3 Å². The van der Waals surface area contributed by atoms with Gasteiger partial charge in [-0.15, -0.1) is 0 Å². The molecule has 2 aromatic rings. The number of hydrogen-bond donors (Lipinski definition) is 1. The number of carbonyl (C=O) groups is 2. The van der Waals surface area contributed by atoms with Crippen LogP contribution in [0.15, 0.2) is 36.4 Å². The van der Waals surface area contributed by atoms with Crippen LogP contribution in [0.25, 0.3) is 0 Å². The molecule has 0 heterocycles. The molecule has 0 spiro atoms. The van der Waals surface area contributed by atoms with Crippen molar-refractivity contribution in [3.05, 3.63) is 58.7 Å². The second-order valence-electron chi connectivity index (χ2n) is 6.14. The van der Waals surface area contributed by atoms with Gasteiger partial charge in [0.25, 0.3) is 5.91 Å². The van der Waals surface area contributed by atoms with Crippen LogP contribution in [-0.2, 0) is 4.79 Å². The summed E-state index contributed by atoms with van der Waals surface area (Å²) < 4.78 is 5.25. The van der Waals surface area contributed by atoms with Crippen molar-refractivity contribution in [1.29, 1.82) is 0 Å². The standard InChI is InChI=1S/C20H24N2O3/c1-13-7-6-8-17(15(13)3)21-19(23)12-22(4)20(24)16-10-9-14(2)18(11-16)25-5/h6-11H,12H2,1-5H3,(H,21,23). The number of anilines is 1. The lowest BCUT2D eigenvalue weighted by Gasteiger charge is -2.18. The highest BCUT2D eigenvalue weighted by molar-refractivity contribution is 5.99. The summed E-state index contributed by atoms with van der Waals surface area (Å²) in [6.45, 7) is 5.83. The molecule has 5 heteroatoms. The van der Waals surface area contributed by atoms with Gasteiger partial charge in [0.1, 0.15) is 5.75 Å². The number of ether oxygens (including phenoxy) is 1. The van der Waals surface area contributed by atoms with Crippen molar-refractivity contribution in [2.75, 3.05) is 26.0 Å². The van der Waals surface area contributed by atoms with Gasteiger partial charge in [-0.05, 0) is 55.7 Å². The Bertz CT molecular complexity index is 800. The lowest BCUT2D eigenvalue weighted by atomic mass is 10.1. The zero-order valence-corrected chi connectivity index (χ0v) is 15.3. The molecule has 1 N–H and O–H groups in total. The fourth-order valence-corrected chi connectivity index (χ4v) is 2.54. The van der Waals surface area contributed by atoms with E-state index >= 15 is 0 Å². The molecular weight excluding hydrogens is 316 g/mol. The van der Waals surface area contributed by atoms with E-state index in [0.29, 0.717) is 11.3 Å². The smallest absolute Gasteiger partial charge is 0.254 e. The quantitative estimate of drug-likeness (QED) is 0.908. The topological polar surface area (TPSA) is 58.6 Å². The number of amides is 2. The second kappa shape index (κ2) is 7.83. The first-order valence-electron chi connectivity index (χ1n) is 8.09. The van der Waals surface area contributed by atoms with Gasteiger partial charge >= 0.3 is 0 Å². The average molecular weight is 340 g/mol. The minimum Gasteiger partial charge on any atom is -0.496 e.